The number of hydrogen-bond donors (Lipinski definition) is 2. The normalized spacial score (nSPS) is 11.6. The van der Waals surface area contributed by atoms with Crippen molar-refractivity contribution >= 4 is 33.5 Å². The van der Waals surface area contributed by atoms with Crippen molar-refractivity contribution in [3.8, 4) is 0 Å². The standard InChI is InChI=1S/C17H15BrN2O5/c18-14-7-2-1-5-12(14)10-15(17(22)23)19-16(21)9-11-4-3-6-13(8-11)20(24)25/h1-8,15H,9-10H2,(H,19,21)(H,22,23)/t15-/m1/s1. The third kappa shape index (κ3) is 5.39. The minimum Gasteiger partial charge on any atom is -0.480 e. The van der Waals surface area contributed by atoms with Crippen molar-refractivity contribution in [3.05, 3.63) is 74.2 Å². The Hall–Kier alpha value is -2.74. The van der Waals surface area contributed by atoms with E-state index in [-0.39, 0.29) is 18.5 Å². The van der Waals surface area contributed by atoms with Gasteiger partial charge < -0.3 is 10.4 Å². The van der Waals surface area contributed by atoms with Gasteiger partial charge in [-0.2, -0.15) is 0 Å². The second kappa shape index (κ2) is 8.39. The number of non-ortho nitro benzene ring substituents is 1. The number of carboxylic acids is 1. The van der Waals surface area contributed by atoms with Crippen molar-refractivity contribution in [3.63, 3.8) is 0 Å². The van der Waals surface area contributed by atoms with Crippen molar-refractivity contribution in [2.24, 2.45) is 0 Å². The molecule has 0 saturated heterocycles. The number of nitro benzene ring substituents is 1. The molecule has 7 nitrogen and oxygen atoms in total. The molecule has 0 bridgehead atoms. The van der Waals surface area contributed by atoms with Crippen molar-refractivity contribution in [2.75, 3.05) is 0 Å². The van der Waals surface area contributed by atoms with Gasteiger partial charge in [-0.3, -0.25) is 14.9 Å². The molecular weight excluding hydrogens is 392 g/mol. The first-order chi connectivity index (χ1) is 11.9. The van der Waals surface area contributed by atoms with Gasteiger partial charge in [0.1, 0.15) is 6.04 Å². The number of halogens is 1. The van der Waals surface area contributed by atoms with E-state index in [9.17, 15) is 24.8 Å². The molecule has 2 aromatic carbocycles. The second-order valence-corrected chi connectivity index (χ2v) is 6.21. The molecule has 0 unspecified atom stereocenters. The Balaban J connectivity index is 2.05. The molecule has 0 spiro atoms. The summed E-state index contributed by atoms with van der Waals surface area (Å²) in [6.45, 7) is 0. The second-order valence-electron chi connectivity index (χ2n) is 5.36. The van der Waals surface area contributed by atoms with Crippen LogP contribution in [0, 0.1) is 10.1 Å². The van der Waals surface area contributed by atoms with E-state index in [1.54, 1.807) is 24.3 Å². The fourth-order valence-corrected chi connectivity index (χ4v) is 2.74. The van der Waals surface area contributed by atoms with E-state index in [0.717, 1.165) is 10.0 Å². The molecule has 130 valence electrons. The maximum absolute atomic E-state index is 12.1. The van der Waals surface area contributed by atoms with Crippen LogP contribution in [-0.4, -0.2) is 27.9 Å². The van der Waals surface area contributed by atoms with Gasteiger partial charge in [-0.1, -0.05) is 46.3 Å². The first-order valence-electron chi connectivity index (χ1n) is 7.35. The van der Waals surface area contributed by atoms with Gasteiger partial charge in [0.15, 0.2) is 0 Å². The highest BCUT2D eigenvalue weighted by Crippen LogP contribution is 2.18. The summed E-state index contributed by atoms with van der Waals surface area (Å²) < 4.78 is 0.759. The highest BCUT2D eigenvalue weighted by atomic mass is 79.9. The summed E-state index contributed by atoms with van der Waals surface area (Å²) in [5.74, 6) is -1.66. The van der Waals surface area contributed by atoms with Gasteiger partial charge in [-0.05, 0) is 17.2 Å². The monoisotopic (exact) mass is 406 g/mol. The van der Waals surface area contributed by atoms with Crippen LogP contribution in [0.3, 0.4) is 0 Å². The number of carboxylic acid groups (broad SMARTS) is 1. The third-order valence-corrected chi connectivity index (χ3v) is 4.27. The number of hydrogen-bond acceptors (Lipinski definition) is 4. The largest absolute Gasteiger partial charge is 0.480 e. The molecule has 0 aliphatic rings. The molecule has 0 aliphatic heterocycles. The molecule has 0 radical (unpaired) electrons. The van der Waals surface area contributed by atoms with Gasteiger partial charge in [0, 0.05) is 23.0 Å². The van der Waals surface area contributed by atoms with E-state index in [2.05, 4.69) is 21.2 Å². The van der Waals surface area contributed by atoms with E-state index < -0.39 is 22.8 Å². The molecule has 0 aromatic heterocycles. The molecule has 2 aromatic rings. The van der Waals surface area contributed by atoms with Crippen LogP contribution in [0.25, 0.3) is 0 Å². The SMILES string of the molecule is O=C(Cc1cccc([N+](=O)[O-])c1)N[C@H](Cc1ccccc1Br)C(=O)O. The predicted octanol–water partition coefficient (Wildman–Crippen LogP) is 2.71. The first kappa shape index (κ1) is 18.6. The number of aliphatic carboxylic acids is 1. The zero-order valence-corrected chi connectivity index (χ0v) is 14.6. The number of amides is 1. The number of nitrogens with zero attached hydrogens (tertiary/aromatic N) is 1. The summed E-state index contributed by atoms with van der Waals surface area (Å²) in [5.41, 5.74) is 1.08. The molecule has 0 aliphatic carbocycles. The van der Waals surface area contributed by atoms with Crippen LogP contribution >= 0.6 is 15.9 Å². The van der Waals surface area contributed by atoms with E-state index in [1.807, 2.05) is 6.07 Å². The number of rotatable bonds is 7. The summed E-state index contributed by atoms with van der Waals surface area (Å²) in [5, 5.41) is 22.6. The number of nitrogens with one attached hydrogen (secondary N) is 1. The molecule has 1 atom stereocenters. The molecular formula is C17H15BrN2O5. The topological polar surface area (TPSA) is 110 Å². The zero-order chi connectivity index (χ0) is 18.4. The maximum Gasteiger partial charge on any atom is 0.326 e. The van der Waals surface area contributed by atoms with Crippen LogP contribution < -0.4 is 5.32 Å². The number of benzene rings is 2. The first-order valence-corrected chi connectivity index (χ1v) is 8.15. The van der Waals surface area contributed by atoms with Gasteiger partial charge in [0.25, 0.3) is 5.69 Å². The van der Waals surface area contributed by atoms with E-state index in [4.69, 9.17) is 0 Å². The van der Waals surface area contributed by atoms with Crippen LogP contribution in [0.1, 0.15) is 11.1 Å². The minimum atomic E-state index is -1.15. The Kier molecular flexibility index (Phi) is 6.24. The van der Waals surface area contributed by atoms with Crippen molar-refractivity contribution in [1.29, 1.82) is 0 Å². The average Bonchev–Trinajstić information content (AvgIpc) is 2.56. The lowest BCUT2D eigenvalue weighted by atomic mass is 10.1. The predicted molar refractivity (Wildman–Crippen MR) is 94.2 cm³/mol. The molecule has 2 rings (SSSR count). The fraction of sp³-hybridized carbons (Fsp3) is 0.176. The lowest BCUT2D eigenvalue weighted by Crippen LogP contribution is -2.43. The Morgan fingerprint density at radius 2 is 1.92 bits per heavy atom. The van der Waals surface area contributed by atoms with Crippen molar-refractivity contribution in [2.45, 2.75) is 18.9 Å². The average molecular weight is 407 g/mol. The van der Waals surface area contributed by atoms with Crippen LogP contribution in [-0.2, 0) is 22.4 Å². The Morgan fingerprint density at radius 3 is 2.56 bits per heavy atom. The van der Waals surface area contributed by atoms with Crippen molar-refractivity contribution < 1.29 is 19.6 Å². The van der Waals surface area contributed by atoms with Gasteiger partial charge in [0.05, 0.1) is 11.3 Å². The van der Waals surface area contributed by atoms with Gasteiger partial charge >= 0.3 is 5.97 Å². The van der Waals surface area contributed by atoms with Gasteiger partial charge in [0.2, 0.25) is 5.91 Å². The number of nitro groups is 1. The Morgan fingerprint density at radius 1 is 1.20 bits per heavy atom. The molecule has 2 N–H and O–H groups in total. The smallest absolute Gasteiger partial charge is 0.326 e. The summed E-state index contributed by atoms with van der Waals surface area (Å²) in [7, 11) is 0. The fourth-order valence-electron chi connectivity index (χ4n) is 2.29. The van der Waals surface area contributed by atoms with Crippen molar-refractivity contribution in [1.82, 2.24) is 5.32 Å². The van der Waals surface area contributed by atoms with Crippen LogP contribution in [0.15, 0.2) is 53.0 Å². The van der Waals surface area contributed by atoms with Crippen LogP contribution in [0.4, 0.5) is 5.69 Å². The molecule has 0 heterocycles. The lowest BCUT2D eigenvalue weighted by Gasteiger charge is -2.15. The summed E-state index contributed by atoms with van der Waals surface area (Å²) in [6, 6.07) is 11.7. The Labute approximate surface area is 152 Å². The summed E-state index contributed by atoms with van der Waals surface area (Å²) in [6.07, 6.45) is -0.0150. The molecule has 0 saturated carbocycles. The molecule has 1 amide bonds. The highest BCUT2D eigenvalue weighted by molar-refractivity contribution is 9.10. The maximum atomic E-state index is 12.1. The van der Waals surface area contributed by atoms with E-state index in [1.165, 1.54) is 18.2 Å². The quantitative estimate of drug-likeness (QED) is 0.542. The van der Waals surface area contributed by atoms with E-state index in [0.29, 0.717) is 5.56 Å². The summed E-state index contributed by atoms with van der Waals surface area (Å²) in [4.78, 5) is 33.8. The third-order valence-electron chi connectivity index (χ3n) is 3.50. The van der Waals surface area contributed by atoms with Crippen LogP contribution in [0.2, 0.25) is 0 Å². The number of carbonyl (C=O) groups excluding carboxylic acids is 1. The Bertz CT molecular complexity index is 809. The molecule has 25 heavy (non-hydrogen) atoms. The lowest BCUT2D eigenvalue weighted by molar-refractivity contribution is -0.384. The number of carbonyl (C=O) groups is 2. The van der Waals surface area contributed by atoms with Crippen LogP contribution in [0.5, 0.6) is 0 Å². The summed E-state index contributed by atoms with van der Waals surface area (Å²) >= 11 is 3.35. The van der Waals surface area contributed by atoms with E-state index >= 15 is 0 Å². The molecule has 0 fully saturated rings. The van der Waals surface area contributed by atoms with Gasteiger partial charge in [-0.25, -0.2) is 4.79 Å². The zero-order valence-electron chi connectivity index (χ0n) is 13.0. The molecule has 8 heteroatoms. The van der Waals surface area contributed by atoms with Gasteiger partial charge in [-0.15, -0.1) is 0 Å². The highest BCUT2D eigenvalue weighted by Gasteiger charge is 2.21. The minimum absolute atomic E-state index is 0.117.